The second-order valence-electron chi connectivity index (χ2n) is 27.2. The molecule has 1 aromatic rings. The SMILES string of the molecule is CC[C@H](C)[C@@H]1NC(=O)[C@H](CC(C)C)N(C)C(=O)C[C@@H](C)NC(=O)[C@H](CC(C)C)N(C)C(=O)C(C)(C)NC(=O)[C@H](CC(C)C)N(C)C(=O)[C@H](CCc2ccc(C(F)(F)F)cc2)NC(=O)CN(C)C(=O)[C@H](CC2CCCCC2)N(C)C(=O)CN(C)C(=O)CN(C)C1=O. The van der Waals surface area contributed by atoms with Crippen molar-refractivity contribution < 1.29 is 65.9 Å². The molecule has 2 fully saturated rings. The highest BCUT2D eigenvalue weighted by molar-refractivity contribution is 5.98. The number of aryl methyl sites for hydroxylation is 1. The van der Waals surface area contributed by atoms with Crippen molar-refractivity contribution in [2.45, 2.75) is 214 Å². The van der Waals surface area contributed by atoms with Crippen LogP contribution >= 0.6 is 0 Å². The van der Waals surface area contributed by atoms with Crippen LogP contribution in [0.15, 0.2) is 24.3 Å². The summed E-state index contributed by atoms with van der Waals surface area (Å²) in [7, 11) is 9.85. The van der Waals surface area contributed by atoms with Crippen molar-refractivity contribution in [3.8, 4) is 0 Å². The Kier molecular flexibility index (Phi) is 29.7. The van der Waals surface area contributed by atoms with Gasteiger partial charge in [0.15, 0.2) is 0 Å². The third-order valence-corrected chi connectivity index (χ3v) is 17.4. The topological polar surface area (TPSA) is 259 Å². The van der Waals surface area contributed by atoms with Gasteiger partial charge in [-0.2, -0.15) is 13.2 Å². The van der Waals surface area contributed by atoms with Gasteiger partial charge in [-0.1, -0.05) is 106 Å². The minimum Gasteiger partial charge on any atom is -0.351 e. The standard InChI is InChI=1S/C65H106F3N11O11/c1-19-42(8)56-62(89)75(14)37-54(82)73(12)38-55(83)77(16)51(35-45-23-21-20-22-24-45)61(88)74(13)36-52(80)70-47(30-27-44-25-28-46(29-26-44)65(66,67)68)60(87)78(17)50(33-41(6)7)59(86)72-64(10,11)63(90)79(18)49(32-40(4)5)57(84)69-43(9)34-53(81)76(15)48(31-39(2)3)58(85)71-56/h25-26,28-29,39-43,45,47-51,56H,19-24,27,30-38H2,1-18H3,(H,69,84)(H,70,80)(H,71,85)(H,72,86)/t42-,43+,47-,48-,49-,50-,51-,56-/m0/s1. The lowest BCUT2D eigenvalue weighted by molar-refractivity contribution is -0.149. The number of amides is 11. The molecule has 0 unspecified atom stereocenters. The van der Waals surface area contributed by atoms with Crippen LogP contribution in [0.1, 0.15) is 164 Å². The summed E-state index contributed by atoms with van der Waals surface area (Å²) >= 11 is 0. The van der Waals surface area contributed by atoms with E-state index in [4.69, 9.17) is 0 Å². The summed E-state index contributed by atoms with van der Waals surface area (Å²) in [6.07, 6.45) is 0.423. The van der Waals surface area contributed by atoms with Crippen LogP contribution in [0.5, 0.6) is 0 Å². The smallest absolute Gasteiger partial charge is 0.351 e. The Hall–Kier alpha value is -6.82. The normalized spacial score (nSPS) is 25.0. The molecule has 508 valence electrons. The average Bonchev–Trinajstić information content (AvgIpc) is 1.05. The number of carbonyl (C=O) groups excluding carboxylic acids is 11. The van der Waals surface area contributed by atoms with Crippen LogP contribution in [-0.2, 0) is 65.3 Å². The first-order chi connectivity index (χ1) is 41.7. The summed E-state index contributed by atoms with van der Waals surface area (Å²) in [6.45, 7) is 17.6. The molecule has 22 nitrogen and oxygen atoms in total. The monoisotopic (exact) mass is 1270 g/mol. The van der Waals surface area contributed by atoms with Crippen LogP contribution < -0.4 is 21.3 Å². The first-order valence-electron chi connectivity index (χ1n) is 31.9. The highest BCUT2D eigenvalue weighted by Gasteiger charge is 2.43. The summed E-state index contributed by atoms with van der Waals surface area (Å²) in [4.78, 5) is 167. The molecule has 1 aromatic carbocycles. The van der Waals surface area contributed by atoms with Crippen LogP contribution in [0.25, 0.3) is 0 Å². The van der Waals surface area contributed by atoms with Gasteiger partial charge in [-0.15, -0.1) is 0 Å². The van der Waals surface area contributed by atoms with Crippen molar-refractivity contribution in [2.75, 3.05) is 69.0 Å². The number of halogens is 3. The molecule has 1 heterocycles. The number of hydrogen-bond acceptors (Lipinski definition) is 11. The Morgan fingerprint density at radius 2 is 1.04 bits per heavy atom. The van der Waals surface area contributed by atoms with E-state index in [9.17, 15) is 65.9 Å². The molecule has 0 spiro atoms. The van der Waals surface area contributed by atoms with E-state index in [0.717, 1.165) is 63.8 Å². The van der Waals surface area contributed by atoms with Crippen molar-refractivity contribution in [3.63, 3.8) is 0 Å². The summed E-state index contributed by atoms with van der Waals surface area (Å²) in [5.74, 6) is -8.04. The van der Waals surface area contributed by atoms with Gasteiger partial charge < -0.3 is 55.6 Å². The predicted molar refractivity (Wildman–Crippen MR) is 336 cm³/mol. The zero-order valence-electron chi connectivity index (χ0n) is 56.8. The number of nitrogens with zero attached hydrogens (tertiary/aromatic N) is 7. The minimum absolute atomic E-state index is 0.0148. The molecule has 90 heavy (non-hydrogen) atoms. The van der Waals surface area contributed by atoms with Gasteiger partial charge in [-0.3, -0.25) is 52.7 Å². The Morgan fingerprint density at radius 3 is 1.57 bits per heavy atom. The molecule has 0 aromatic heterocycles. The quantitative estimate of drug-likeness (QED) is 0.198. The molecule has 1 saturated carbocycles. The molecule has 4 N–H and O–H groups in total. The van der Waals surface area contributed by atoms with Gasteiger partial charge in [0.05, 0.1) is 25.2 Å². The van der Waals surface area contributed by atoms with E-state index in [-0.39, 0.29) is 68.6 Å². The minimum atomic E-state index is -4.62. The van der Waals surface area contributed by atoms with Crippen LogP contribution in [0.2, 0.25) is 0 Å². The number of hydrogen-bond donors (Lipinski definition) is 4. The molecule has 0 bridgehead atoms. The number of benzene rings is 1. The third-order valence-electron chi connectivity index (χ3n) is 17.4. The molecule has 0 radical (unpaired) electrons. The molecule has 1 aliphatic heterocycles. The van der Waals surface area contributed by atoms with Crippen LogP contribution in [0.4, 0.5) is 13.2 Å². The molecule has 8 atom stereocenters. The third kappa shape index (κ3) is 22.8. The lowest BCUT2D eigenvalue weighted by Crippen LogP contribution is -2.63. The number of nitrogens with one attached hydrogen (secondary N) is 4. The van der Waals surface area contributed by atoms with Crippen LogP contribution in [0, 0.1) is 29.6 Å². The van der Waals surface area contributed by atoms with Gasteiger partial charge in [-0.25, -0.2) is 0 Å². The summed E-state index contributed by atoms with van der Waals surface area (Å²) in [5, 5.41) is 11.3. The van der Waals surface area contributed by atoms with Crippen molar-refractivity contribution >= 4 is 65.0 Å². The molecule has 25 heteroatoms. The van der Waals surface area contributed by atoms with E-state index in [1.54, 1.807) is 13.8 Å². The first kappa shape index (κ1) is 77.4. The molecule has 1 saturated heterocycles. The molecule has 11 amide bonds. The fraction of sp³-hybridized carbons (Fsp3) is 0.738. The zero-order chi connectivity index (χ0) is 68.4. The molecular weight excluding hydrogens is 1170 g/mol. The maximum absolute atomic E-state index is 14.9. The van der Waals surface area contributed by atoms with E-state index in [0.29, 0.717) is 12.0 Å². The summed E-state index contributed by atoms with van der Waals surface area (Å²) < 4.78 is 40.8. The van der Waals surface area contributed by atoms with Crippen LogP contribution in [0.3, 0.4) is 0 Å². The summed E-state index contributed by atoms with van der Waals surface area (Å²) in [5.41, 5.74) is -2.20. The first-order valence-corrected chi connectivity index (χ1v) is 31.9. The molecule has 2 aliphatic rings. The fourth-order valence-corrected chi connectivity index (χ4v) is 11.6. The largest absolute Gasteiger partial charge is 0.416 e. The van der Waals surface area contributed by atoms with E-state index in [2.05, 4.69) is 21.3 Å². The number of rotatable bonds is 13. The number of alkyl halides is 3. The maximum Gasteiger partial charge on any atom is 0.416 e. The Bertz CT molecular complexity index is 2650. The van der Waals surface area contributed by atoms with E-state index >= 15 is 0 Å². The van der Waals surface area contributed by atoms with Crippen molar-refractivity contribution in [1.29, 1.82) is 0 Å². The maximum atomic E-state index is 14.9. The summed E-state index contributed by atoms with van der Waals surface area (Å²) in [6, 6.07) is -3.60. The van der Waals surface area contributed by atoms with Gasteiger partial charge in [-0.05, 0) is 107 Å². The molecule has 3 rings (SSSR count). The fourth-order valence-electron chi connectivity index (χ4n) is 11.6. The van der Waals surface area contributed by atoms with Crippen LogP contribution in [-0.4, -0.2) is 216 Å². The van der Waals surface area contributed by atoms with Crippen molar-refractivity contribution in [2.24, 2.45) is 29.6 Å². The lowest BCUT2D eigenvalue weighted by Gasteiger charge is -2.38. The lowest BCUT2D eigenvalue weighted by atomic mass is 9.84. The Balaban J connectivity index is 2.21. The Labute approximate surface area is 532 Å². The number of carbonyl (C=O) groups is 11. The average molecular weight is 1270 g/mol. The van der Waals surface area contributed by atoms with Gasteiger partial charge in [0.25, 0.3) is 0 Å². The van der Waals surface area contributed by atoms with Gasteiger partial charge in [0, 0.05) is 61.8 Å². The van der Waals surface area contributed by atoms with E-state index in [1.807, 2.05) is 48.5 Å². The number of likely N-dealkylation sites (N-methyl/N-ethyl adjacent to an activating group) is 7. The molecular formula is C65H106F3N11O11. The van der Waals surface area contributed by atoms with Gasteiger partial charge in [0.1, 0.15) is 41.8 Å². The predicted octanol–water partition coefficient (Wildman–Crippen LogP) is 5.25. The zero-order valence-corrected chi connectivity index (χ0v) is 56.8. The highest BCUT2D eigenvalue weighted by atomic mass is 19.4. The van der Waals surface area contributed by atoms with E-state index < -0.39 is 150 Å². The Morgan fingerprint density at radius 1 is 0.556 bits per heavy atom. The van der Waals surface area contributed by atoms with Gasteiger partial charge in [0.2, 0.25) is 65.0 Å². The van der Waals surface area contributed by atoms with Crippen molar-refractivity contribution in [3.05, 3.63) is 35.4 Å². The highest BCUT2D eigenvalue weighted by Crippen LogP contribution is 2.31. The van der Waals surface area contributed by atoms with Gasteiger partial charge >= 0.3 is 6.18 Å². The second kappa shape index (κ2) is 34.6. The van der Waals surface area contributed by atoms with Crippen molar-refractivity contribution in [1.82, 2.24) is 55.6 Å². The molecule has 1 aliphatic carbocycles. The second-order valence-corrected chi connectivity index (χ2v) is 27.2. The van der Waals surface area contributed by atoms with E-state index in [1.165, 1.54) is 90.0 Å².